The van der Waals surface area contributed by atoms with Gasteiger partial charge in [-0.05, 0) is 36.8 Å². The third-order valence-electron chi connectivity index (χ3n) is 6.33. The number of ether oxygens (including phenoxy) is 1. The number of hydrogen-bond donors (Lipinski definition) is 1. The summed E-state index contributed by atoms with van der Waals surface area (Å²) in [7, 11) is 0. The van der Waals surface area contributed by atoms with Crippen LogP contribution >= 0.6 is 11.6 Å². The number of rotatable bonds is 7. The van der Waals surface area contributed by atoms with E-state index >= 15 is 0 Å². The summed E-state index contributed by atoms with van der Waals surface area (Å²) in [5, 5.41) is 7.61. The van der Waals surface area contributed by atoms with E-state index in [9.17, 15) is 39.9 Å². The first kappa shape index (κ1) is 30.1. The first-order valence-corrected chi connectivity index (χ1v) is 12.2. The fraction of sp³-hybridized carbons (Fsp3) is 0.259. The molecule has 0 radical (unpaired) electrons. The van der Waals surface area contributed by atoms with Gasteiger partial charge in [-0.25, -0.2) is 0 Å². The van der Waals surface area contributed by atoms with Crippen molar-refractivity contribution in [2.45, 2.75) is 31.3 Å². The Kier molecular flexibility index (Phi) is 8.21. The van der Waals surface area contributed by atoms with Gasteiger partial charge in [0.15, 0.2) is 0 Å². The van der Waals surface area contributed by atoms with Gasteiger partial charge in [-0.3, -0.25) is 9.80 Å². The van der Waals surface area contributed by atoms with E-state index in [2.05, 4.69) is 15.2 Å². The zero-order valence-corrected chi connectivity index (χ0v) is 21.7. The number of benzene rings is 3. The summed E-state index contributed by atoms with van der Waals surface area (Å²) in [4.78, 5) is 12.8. The van der Waals surface area contributed by atoms with Crippen molar-refractivity contribution in [2.75, 3.05) is 18.4 Å². The van der Waals surface area contributed by atoms with Crippen LogP contribution in [0.5, 0.6) is 5.75 Å². The summed E-state index contributed by atoms with van der Waals surface area (Å²) >= 11 is 5.95. The van der Waals surface area contributed by atoms with Gasteiger partial charge in [0.05, 0.1) is 33.8 Å². The fourth-order valence-corrected chi connectivity index (χ4v) is 4.80. The topological polar surface area (TPSA) is 53.9 Å². The van der Waals surface area contributed by atoms with Gasteiger partial charge in [0.2, 0.25) is 5.91 Å². The first-order chi connectivity index (χ1) is 19.1. The summed E-state index contributed by atoms with van der Waals surface area (Å²) in [6, 6.07) is 14.1. The predicted molar refractivity (Wildman–Crippen MR) is 135 cm³/mol. The molecule has 1 aliphatic rings. The van der Waals surface area contributed by atoms with Crippen LogP contribution in [-0.2, 0) is 22.6 Å². The molecule has 0 saturated carbocycles. The van der Waals surface area contributed by atoms with Crippen molar-refractivity contribution in [3.8, 4) is 5.75 Å². The molecule has 1 aliphatic heterocycles. The molecule has 1 amide bonds. The molecule has 14 heteroatoms. The highest BCUT2D eigenvalue weighted by atomic mass is 35.5. The number of alkyl halides is 8. The van der Waals surface area contributed by atoms with Crippen LogP contribution in [0.3, 0.4) is 0 Å². The third-order valence-corrected chi connectivity index (χ3v) is 6.65. The van der Waals surface area contributed by atoms with Crippen LogP contribution in [0.25, 0.3) is 0 Å². The molecule has 1 atom stereocenters. The Hall–Kier alpha value is -3.87. The quantitative estimate of drug-likeness (QED) is 0.282. The van der Waals surface area contributed by atoms with Gasteiger partial charge in [-0.2, -0.15) is 40.2 Å². The molecule has 1 heterocycles. The van der Waals surface area contributed by atoms with Crippen LogP contribution in [0.15, 0.2) is 71.8 Å². The molecular weight excluding hydrogens is 586 g/mol. The number of carbonyl (C=O) groups excluding carboxylic acids is 1. The van der Waals surface area contributed by atoms with E-state index in [0.29, 0.717) is 17.8 Å². The van der Waals surface area contributed by atoms with E-state index in [1.807, 2.05) is 0 Å². The minimum Gasteiger partial charge on any atom is -0.434 e. The molecule has 0 saturated heterocycles. The zero-order chi connectivity index (χ0) is 30.2. The van der Waals surface area contributed by atoms with Gasteiger partial charge in [-0.1, -0.05) is 48.0 Å². The molecule has 4 rings (SSSR count). The molecule has 0 spiro atoms. The molecule has 41 heavy (non-hydrogen) atoms. The molecule has 1 unspecified atom stereocenters. The van der Waals surface area contributed by atoms with Crippen molar-refractivity contribution in [2.24, 2.45) is 5.10 Å². The van der Waals surface area contributed by atoms with Crippen molar-refractivity contribution in [3.63, 3.8) is 0 Å². The summed E-state index contributed by atoms with van der Waals surface area (Å²) in [5.41, 5.74) is -2.25. The maximum Gasteiger partial charge on any atom is 0.419 e. The highest BCUT2D eigenvalue weighted by Gasteiger charge is 2.42. The van der Waals surface area contributed by atoms with Crippen LogP contribution < -0.4 is 10.1 Å². The van der Waals surface area contributed by atoms with Crippen LogP contribution in [0.1, 0.15) is 29.2 Å². The standard InChI is InChI=1S/C27H20ClF8N3O2/c1-25(16-5-3-2-4-6-16)14-39(38-23(25)15-7-9-18(20(28)11-15)26(31,32)33)13-22(40)37-17-8-10-19(27(34,35)36)21(12-17)41-24(29)30/h2-12,24H,13-14H2,1H3,(H,37,40). The maximum absolute atomic E-state index is 13.3. The van der Waals surface area contributed by atoms with E-state index in [1.54, 1.807) is 37.3 Å². The van der Waals surface area contributed by atoms with Gasteiger partial charge in [-0.15, -0.1) is 0 Å². The summed E-state index contributed by atoms with van der Waals surface area (Å²) in [6.45, 7) is -2.07. The molecule has 5 nitrogen and oxygen atoms in total. The lowest BCUT2D eigenvalue weighted by atomic mass is 9.76. The van der Waals surface area contributed by atoms with E-state index in [4.69, 9.17) is 11.6 Å². The number of hydrazone groups is 1. The molecule has 0 bridgehead atoms. The van der Waals surface area contributed by atoms with Crippen molar-refractivity contribution in [1.29, 1.82) is 0 Å². The molecule has 0 aromatic heterocycles. The molecule has 3 aromatic carbocycles. The van der Waals surface area contributed by atoms with Crippen molar-refractivity contribution in [3.05, 3.63) is 94.0 Å². The van der Waals surface area contributed by atoms with Crippen molar-refractivity contribution >= 4 is 28.9 Å². The Morgan fingerprint density at radius 1 is 1.00 bits per heavy atom. The summed E-state index contributed by atoms with van der Waals surface area (Å²) < 4.78 is 109. The molecular formula is C27H20ClF8N3O2. The molecule has 218 valence electrons. The third kappa shape index (κ3) is 6.72. The summed E-state index contributed by atoms with van der Waals surface area (Å²) in [5.74, 6) is -1.92. The number of anilines is 1. The van der Waals surface area contributed by atoms with Gasteiger partial charge in [0, 0.05) is 17.3 Å². The lowest BCUT2D eigenvalue weighted by Gasteiger charge is -2.27. The van der Waals surface area contributed by atoms with Crippen LogP contribution in [-0.4, -0.2) is 36.3 Å². The number of nitrogens with one attached hydrogen (secondary N) is 1. The smallest absolute Gasteiger partial charge is 0.419 e. The Balaban J connectivity index is 1.61. The van der Waals surface area contributed by atoms with Crippen molar-refractivity contribution < 1.29 is 44.7 Å². The zero-order valence-electron chi connectivity index (χ0n) is 21.0. The SMILES string of the molecule is CC1(c2ccccc2)CN(CC(=O)Nc2ccc(C(F)(F)F)c(OC(F)F)c2)N=C1c1ccc(C(F)(F)F)c(Cl)c1. The largest absolute Gasteiger partial charge is 0.434 e. The molecule has 1 N–H and O–H groups in total. The van der Waals surface area contributed by atoms with E-state index in [-0.39, 0.29) is 17.8 Å². The van der Waals surface area contributed by atoms with Crippen LogP contribution in [0.2, 0.25) is 5.02 Å². The highest BCUT2D eigenvalue weighted by Crippen LogP contribution is 2.40. The predicted octanol–water partition coefficient (Wildman–Crippen LogP) is 7.60. The molecule has 0 aliphatic carbocycles. The van der Waals surface area contributed by atoms with E-state index in [0.717, 1.165) is 23.8 Å². The average molecular weight is 606 g/mol. The van der Waals surface area contributed by atoms with E-state index < -0.39 is 58.7 Å². The lowest BCUT2D eigenvalue weighted by molar-refractivity contribution is -0.142. The lowest BCUT2D eigenvalue weighted by Crippen LogP contribution is -2.38. The van der Waals surface area contributed by atoms with Gasteiger partial charge in [0.1, 0.15) is 12.3 Å². The minimum atomic E-state index is -4.98. The number of halogens is 9. The Labute approximate surface area is 233 Å². The normalized spacial score (nSPS) is 17.5. The number of nitrogens with zero attached hydrogens (tertiary/aromatic N) is 2. The van der Waals surface area contributed by atoms with Crippen LogP contribution in [0, 0.1) is 0 Å². The van der Waals surface area contributed by atoms with Gasteiger partial charge < -0.3 is 10.1 Å². The Morgan fingerprint density at radius 3 is 2.22 bits per heavy atom. The first-order valence-electron chi connectivity index (χ1n) is 11.8. The fourth-order valence-electron chi connectivity index (χ4n) is 4.51. The summed E-state index contributed by atoms with van der Waals surface area (Å²) in [6.07, 6.45) is -9.64. The second-order valence-corrected chi connectivity index (χ2v) is 9.70. The number of hydrogen-bond acceptors (Lipinski definition) is 4. The maximum atomic E-state index is 13.3. The highest BCUT2D eigenvalue weighted by molar-refractivity contribution is 6.32. The number of amides is 1. The van der Waals surface area contributed by atoms with Gasteiger partial charge in [0.25, 0.3) is 0 Å². The second-order valence-electron chi connectivity index (χ2n) is 9.30. The van der Waals surface area contributed by atoms with Crippen molar-refractivity contribution in [1.82, 2.24) is 5.01 Å². The van der Waals surface area contributed by atoms with E-state index in [1.165, 1.54) is 11.1 Å². The Morgan fingerprint density at radius 2 is 1.63 bits per heavy atom. The Bertz CT molecular complexity index is 1460. The molecule has 0 fully saturated rings. The van der Waals surface area contributed by atoms with Gasteiger partial charge >= 0.3 is 19.0 Å². The van der Waals surface area contributed by atoms with Crippen LogP contribution in [0.4, 0.5) is 40.8 Å². The monoisotopic (exact) mass is 605 g/mol. The average Bonchev–Trinajstić information content (AvgIpc) is 3.19. The second kappa shape index (κ2) is 11.2. The molecule has 3 aromatic rings. The number of carbonyl (C=O) groups is 1. The minimum absolute atomic E-state index is 0.102.